The summed E-state index contributed by atoms with van der Waals surface area (Å²) in [6, 6.07) is 6.27. The highest BCUT2D eigenvalue weighted by Gasteiger charge is 2.08. The Hall–Kier alpha value is -1.62. The number of nitrogens with one attached hydrogen (secondary N) is 2. The Morgan fingerprint density at radius 3 is 2.65 bits per heavy atom. The van der Waals surface area contributed by atoms with Crippen LogP contribution in [-0.2, 0) is 9.53 Å². The van der Waals surface area contributed by atoms with Gasteiger partial charge >= 0.3 is 0 Å². The number of nitrogens with zero attached hydrogens (tertiary/aromatic N) is 2. The molecule has 0 radical (unpaired) electrons. The quantitative estimate of drug-likeness (QED) is 0.229. The number of carbonyl (C=O) groups is 1. The molecule has 0 fully saturated rings. The van der Waals surface area contributed by atoms with Crippen LogP contribution in [0.1, 0.15) is 6.92 Å². The van der Waals surface area contributed by atoms with Crippen LogP contribution in [0, 0.1) is 5.82 Å². The van der Waals surface area contributed by atoms with Gasteiger partial charge in [0.15, 0.2) is 17.5 Å². The molecule has 1 amide bonds. The minimum absolute atomic E-state index is 0. The van der Waals surface area contributed by atoms with Crippen molar-refractivity contribution >= 4 is 35.8 Å². The predicted molar refractivity (Wildman–Crippen MR) is 111 cm³/mol. The molecule has 0 aliphatic heterocycles. The first-order valence-electron chi connectivity index (χ1n) is 8.20. The Morgan fingerprint density at radius 1 is 1.27 bits per heavy atom. The van der Waals surface area contributed by atoms with Crippen LogP contribution in [0.2, 0.25) is 0 Å². The molecule has 0 atom stereocenters. The van der Waals surface area contributed by atoms with E-state index in [1.54, 1.807) is 25.3 Å². The Labute approximate surface area is 171 Å². The maximum atomic E-state index is 13.5. The first kappa shape index (κ1) is 24.4. The molecule has 1 aromatic carbocycles. The maximum absolute atomic E-state index is 13.5. The summed E-state index contributed by atoms with van der Waals surface area (Å²) in [5, 5.41) is 5.81. The topological polar surface area (TPSA) is 75.2 Å². The van der Waals surface area contributed by atoms with E-state index in [2.05, 4.69) is 15.6 Å². The highest BCUT2D eigenvalue weighted by Crippen LogP contribution is 2.14. The molecule has 148 valence electrons. The van der Waals surface area contributed by atoms with E-state index >= 15 is 0 Å². The number of carbonyl (C=O) groups excluding carboxylic acids is 1. The minimum Gasteiger partial charge on any atom is -0.489 e. The average Bonchev–Trinajstić information content (AvgIpc) is 2.60. The van der Waals surface area contributed by atoms with E-state index < -0.39 is 5.82 Å². The van der Waals surface area contributed by atoms with Gasteiger partial charge in [0.05, 0.1) is 13.2 Å². The minimum atomic E-state index is -0.390. The lowest BCUT2D eigenvalue weighted by Gasteiger charge is -2.22. The van der Waals surface area contributed by atoms with Crippen LogP contribution in [0.5, 0.6) is 5.75 Å². The van der Waals surface area contributed by atoms with Crippen molar-refractivity contribution in [1.29, 1.82) is 0 Å². The highest BCUT2D eigenvalue weighted by molar-refractivity contribution is 14.0. The van der Waals surface area contributed by atoms with Gasteiger partial charge in [0, 0.05) is 27.2 Å². The van der Waals surface area contributed by atoms with Crippen molar-refractivity contribution < 1.29 is 18.7 Å². The molecule has 0 unspecified atom stereocenters. The summed E-state index contributed by atoms with van der Waals surface area (Å²) in [4.78, 5) is 17.8. The zero-order valence-electron chi connectivity index (χ0n) is 15.5. The largest absolute Gasteiger partial charge is 0.489 e. The Balaban J connectivity index is 0.00000625. The molecule has 26 heavy (non-hydrogen) atoms. The third kappa shape index (κ3) is 9.76. The number of hydrogen-bond donors (Lipinski definition) is 2. The molecule has 0 saturated carbocycles. The van der Waals surface area contributed by atoms with Gasteiger partial charge in [-0.05, 0) is 19.1 Å². The van der Waals surface area contributed by atoms with Crippen LogP contribution >= 0.6 is 24.0 Å². The van der Waals surface area contributed by atoms with Gasteiger partial charge in [-0.3, -0.25) is 4.79 Å². The van der Waals surface area contributed by atoms with Crippen LogP contribution < -0.4 is 15.4 Å². The maximum Gasteiger partial charge on any atom is 0.241 e. The fourth-order valence-electron chi connectivity index (χ4n) is 1.93. The first-order valence-corrected chi connectivity index (χ1v) is 8.20. The van der Waals surface area contributed by atoms with E-state index in [9.17, 15) is 9.18 Å². The monoisotopic (exact) mass is 482 g/mol. The molecule has 0 aliphatic rings. The summed E-state index contributed by atoms with van der Waals surface area (Å²) in [5.41, 5.74) is 0. The average molecular weight is 482 g/mol. The number of para-hydroxylation sites is 1. The Bertz CT molecular complexity index is 561. The number of amides is 1. The molecular weight excluding hydrogens is 454 g/mol. The second-order valence-corrected chi connectivity index (χ2v) is 5.21. The van der Waals surface area contributed by atoms with Crippen molar-refractivity contribution in [1.82, 2.24) is 15.5 Å². The van der Waals surface area contributed by atoms with Crippen molar-refractivity contribution in [3.8, 4) is 5.75 Å². The summed E-state index contributed by atoms with van der Waals surface area (Å²) < 4.78 is 23.8. The molecule has 1 aromatic rings. The van der Waals surface area contributed by atoms with E-state index in [1.807, 2.05) is 18.9 Å². The van der Waals surface area contributed by atoms with Crippen LogP contribution in [0.4, 0.5) is 4.39 Å². The Kier molecular flexibility index (Phi) is 13.6. The number of hydrogen-bond acceptors (Lipinski definition) is 4. The molecule has 7 nitrogen and oxygen atoms in total. The number of ether oxygens (including phenoxy) is 2. The fourth-order valence-corrected chi connectivity index (χ4v) is 1.93. The highest BCUT2D eigenvalue weighted by atomic mass is 127. The number of rotatable bonds is 10. The number of aliphatic imine (C=N–C) groups is 1. The van der Waals surface area contributed by atoms with Gasteiger partial charge in [-0.2, -0.15) is 0 Å². The second kappa shape index (κ2) is 14.5. The molecule has 0 bridgehead atoms. The molecule has 0 aromatic heterocycles. The smallest absolute Gasteiger partial charge is 0.241 e. The normalized spacial score (nSPS) is 10.7. The third-order valence-corrected chi connectivity index (χ3v) is 3.22. The van der Waals surface area contributed by atoms with E-state index in [0.29, 0.717) is 38.8 Å². The summed E-state index contributed by atoms with van der Waals surface area (Å²) in [6.45, 7) is 4.33. The van der Waals surface area contributed by atoms with Crippen LogP contribution in [0.25, 0.3) is 0 Å². The lowest BCUT2D eigenvalue weighted by molar-refractivity contribution is -0.119. The molecule has 1 rings (SSSR count). The van der Waals surface area contributed by atoms with E-state index in [0.717, 1.165) is 0 Å². The van der Waals surface area contributed by atoms with E-state index in [-0.39, 0.29) is 42.2 Å². The number of benzene rings is 1. The third-order valence-electron chi connectivity index (χ3n) is 3.22. The first-order chi connectivity index (χ1) is 12.1. The van der Waals surface area contributed by atoms with Crippen molar-refractivity contribution in [2.75, 3.05) is 53.6 Å². The van der Waals surface area contributed by atoms with Gasteiger partial charge in [-0.25, -0.2) is 9.38 Å². The van der Waals surface area contributed by atoms with E-state index in [4.69, 9.17) is 9.47 Å². The lowest BCUT2D eigenvalue weighted by atomic mass is 10.3. The van der Waals surface area contributed by atoms with Gasteiger partial charge in [-0.15, -0.1) is 24.0 Å². The van der Waals surface area contributed by atoms with Gasteiger partial charge < -0.3 is 25.0 Å². The summed E-state index contributed by atoms with van der Waals surface area (Å²) in [7, 11) is 3.40. The molecule has 9 heteroatoms. The standard InChI is InChI=1S/C17H27FN4O3.HI/c1-4-19-17(21-13-16(23)20-9-11-24-3)22(2)10-12-25-15-8-6-5-7-14(15)18;/h5-8H,4,9-13H2,1-3H3,(H,19,21)(H,20,23);1H. The summed E-state index contributed by atoms with van der Waals surface area (Å²) in [6.07, 6.45) is 0. The van der Waals surface area contributed by atoms with Crippen molar-refractivity contribution in [2.45, 2.75) is 6.92 Å². The molecule has 0 spiro atoms. The van der Waals surface area contributed by atoms with Crippen molar-refractivity contribution in [3.05, 3.63) is 30.1 Å². The zero-order chi connectivity index (χ0) is 18.5. The van der Waals surface area contributed by atoms with Crippen molar-refractivity contribution in [2.24, 2.45) is 4.99 Å². The van der Waals surface area contributed by atoms with Crippen molar-refractivity contribution in [3.63, 3.8) is 0 Å². The van der Waals surface area contributed by atoms with Crippen LogP contribution in [-0.4, -0.2) is 70.3 Å². The van der Waals surface area contributed by atoms with Crippen LogP contribution in [0.15, 0.2) is 29.3 Å². The number of likely N-dealkylation sites (N-methyl/N-ethyl adjacent to an activating group) is 1. The molecule has 2 N–H and O–H groups in total. The molecular formula is C17H28FIN4O3. The van der Waals surface area contributed by atoms with Gasteiger partial charge in [-0.1, -0.05) is 12.1 Å². The Morgan fingerprint density at radius 2 is 2.00 bits per heavy atom. The van der Waals surface area contributed by atoms with Gasteiger partial charge in [0.1, 0.15) is 13.2 Å². The molecule has 0 heterocycles. The van der Waals surface area contributed by atoms with Gasteiger partial charge in [0.25, 0.3) is 0 Å². The lowest BCUT2D eigenvalue weighted by Crippen LogP contribution is -2.41. The SMILES string of the molecule is CCNC(=NCC(=O)NCCOC)N(C)CCOc1ccccc1F.I. The summed E-state index contributed by atoms with van der Waals surface area (Å²) in [5.74, 6) is 0.235. The van der Waals surface area contributed by atoms with Gasteiger partial charge in [0.2, 0.25) is 5.91 Å². The fraction of sp³-hybridized carbons (Fsp3) is 0.529. The molecule has 0 aliphatic carbocycles. The second-order valence-electron chi connectivity index (χ2n) is 5.21. The summed E-state index contributed by atoms with van der Waals surface area (Å²) >= 11 is 0. The van der Waals surface area contributed by atoms with Crippen LogP contribution in [0.3, 0.4) is 0 Å². The zero-order valence-corrected chi connectivity index (χ0v) is 17.8. The number of methoxy groups -OCH3 is 1. The number of halogens is 2. The van der Waals surface area contributed by atoms with E-state index in [1.165, 1.54) is 6.07 Å². The predicted octanol–water partition coefficient (Wildman–Crippen LogP) is 1.48. The molecule has 0 saturated heterocycles. The number of guanidine groups is 1.